The van der Waals surface area contributed by atoms with E-state index in [0.29, 0.717) is 42.1 Å². The molecule has 3 unspecified atom stereocenters. The van der Waals surface area contributed by atoms with Crippen LogP contribution in [-0.2, 0) is 19.1 Å². The summed E-state index contributed by atoms with van der Waals surface area (Å²) in [4.78, 5) is 54.2. The first-order chi connectivity index (χ1) is 24.8. The van der Waals surface area contributed by atoms with Gasteiger partial charge >= 0.3 is 11.9 Å². The van der Waals surface area contributed by atoms with Crippen molar-refractivity contribution in [1.82, 2.24) is 4.90 Å². The van der Waals surface area contributed by atoms with E-state index in [4.69, 9.17) is 4.74 Å². The van der Waals surface area contributed by atoms with Crippen molar-refractivity contribution in [3.63, 3.8) is 0 Å². The molecule has 1 amide bonds. The third-order valence-corrected chi connectivity index (χ3v) is 16.1. The smallest absolute Gasteiger partial charge is 0.309 e. The Morgan fingerprint density at radius 2 is 1.64 bits per heavy atom. The number of rotatable bonds is 11. The molecule has 1 aromatic carbocycles. The van der Waals surface area contributed by atoms with Gasteiger partial charge in [0.05, 0.1) is 18.4 Å². The lowest BCUT2D eigenvalue weighted by atomic mass is 9.34. The van der Waals surface area contributed by atoms with E-state index in [0.717, 1.165) is 63.4 Å². The van der Waals surface area contributed by atoms with Crippen LogP contribution in [0.2, 0.25) is 0 Å². The number of aliphatic carboxylic acids is 1. The number of ether oxygens (including phenoxy) is 1. The van der Waals surface area contributed by atoms with Gasteiger partial charge in [0.1, 0.15) is 6.10 Å². The van der Waals surface area contributed by atoms with Crippen LogP contribution in [0.25, 0.3) is 0 Å². The fourth-order valence-electron chi connectivity index (χ4n) is 13.0. The molecule has 0 aliphatic heterocycles. The maximum atomic E-state index is 14.1. The van der Waals surface area contributed by atoms with Crippen molar-refractivity contribution in [2.75, 3.05) is 19.7 Å². The van der Waals surface area contributed by atoms with E-state index in [1.54, 1.807) is 18.7 Å². The van der Waals surface area contributed by atoms with Crippen molar-refractivity contribution in [3.8, 4) is 0 Å². The molecular formula is C45H65NO7. The molecule has 0 aromatic heterocycles. The Morgan fingerprint density at radius 1 is 0.943 bits per heavy atom. The number of allylic oxidation sites excluding steroid dienone is 2. The topological polar surface area (TPSA) is 121 Å². The maximum Gasteiger partial charge on any atom is 0.309 e. The van der Waals surface area contributed by atoms with Crippen molar-refractivity contribution in [2.24, 2.45) is 56.7 Å². The van der Waals surface area contributed by atoms with Crippen LogP contribution in [0.15, 0.2) is 41.5 Å². The second-order valence-electron chi connectivity index (χ2n) is 19.5. The van der Waals surface area contributed by atoms with Crippen LogP contribution in [0.5, 0.6) is 0 Å². The number of carbonyl (C=O) groups excluding carboxylic acids is 3. The van der Waals surface area contributed by atoms with Gasteiger partial charge < -0.3 is 19.8 Å². The lowest BCUT2D eigenvalue weighted by Crippen LogP contribution is -2.64. The average Bonchev–Trinajstić information content (AvgIpc) is 3.40. The number of carboxylic acid groups (broad SMARTS) is 1. The number of Topliss-reactive ketones (excluding diaryl/α,β-unsaturated/α-hetero) is 1. The number of carbonyl (C=O) groups is 4. The molecular weight excluding hydrogens is 666 g/mol. The van der Waals surface area contributed by atoms with E-state index in [1.807, 2.05) is 30.3 Å². The van der Waals surface area contributed by atoms with Gasteiger partial charge in [-0.05, 0) is 135 Å². The number of amides is 1. The van der Waals surface area contributed by atoms with Crippen LogP contribution in [0, 0.1) is 56.7 Å². The van der Waals surface area contributed by atoms with Crippen molar-refractivity contribution < 1.29 is 34.1 Å². The number of aliphatic hydroxyl groups is 1. The summed E-state index contributed by atoms with van der Waals surface area (Å²) >= 11 is 0. The first-order valence-electron chi connectivity index (χ1n) is 20.5. The normalized spacial score (nSPS) is 36.6. The molecule has 1 aromatic rings. The van der Waals surface area contributed by atoms with Gasteiger partial charge in [0.2, 0.25) is 0 Å². The number of aliphatic hydroxyl groups excluding tert-OH is 1. The minimum atomic E-state index is -1.16. The van der Waals surface area contributed by atoms with Crippen molar-refractivity contribution in [1.29, 1.82) is 0 Å². The third-order valence-electron chi connectivity index (χ3n) is 16.1. The quantitative estimate of drug-likeness (QED) is 0.219. The fraction of sp³-hybridized carbons (Fsp3) is 0.733. The van der Waals surface area contributed by atoms with Gasteiger partial charge in [-0.25, -0.2) is 0 Å². The molecule has 4 saturated carbocycles. The highest BCUT2D eigenvalue weighted by molar-refractivity contribution is 6.00. The van der Waals surface area contributed by atoms with E-state index >= 15 is 0 Å². The second-order valence-corrected chi connectivity index (χ2v) is 19.5. The van der Waals surface area contributed by atoms with Crippen molar-refractivity contribution in [2.45, 2.75) is 132 Å². The Hall–Kier alpha value is -3.00. The number of carboxylic acids is 1. The molecule has 8 nitrogen and oxygen atoms in total. The molecule has 0 spiro atoms. The predicted molar refractivity (Wildman–Crippen MR) is 205 cm³/mol. The lowest BCUT2D eigenvalue weighted by molar-refractivity contribution is -0.216. The number of hydrogen-bond donors (Lipinski definition) is 2. The summed E-state index contributed by atoms with van der Waals surface area (Å²) in [6, 6.07) is 9.30. The van der Waals surface area contributed by atoms with Crippen LogP contribution in [0.1, 0.15) is 136 Å². The molecule has 4 fully saturated rings. The SMILES string of the molecule is CC(C)C1=C2[C@H]3CCC4[C@@]5(C)CC[C@H](OC(=O)CC(C)(C)C(=O)O)C(C)C5CC[C@@]4(C)[C@]3(C)CC[C@@]2(CCN(CCO)C(=O)c2ccccc2)CC1=O. The van der Waals surface area contributed by atoms with Crippen LogP contribution in [0.4, 0.5) is 0 Å². The molecule has 0 bridgehead atoms. The van der Waals surface area contributed by atoms with Gasteiger partial charge in [-0.3, -0.25) is 19.2 Å². The highest BCUT2D eigenvalue weighted by Crippen LogP contribution is 2.76. The summed E-state index contributed by atoms with van der Waals surface area (Å²) < 4.78 is 6.07. The Labute approximate surface area is 317 Å². The molecule has 292 valence electrons. The van der Waals surface area contributed by atoms with Gasteiger partial charge in [0.15, 0.2) is 5.78 Å². The molecule has 0 radical (unpaired) electrons. The van der Waals surface area contributed by atoms with Crippen molar-refractivity contribution in [3.05, 3.63) is 47.0 Å². The number of benzene rings is 1. The number of esters is 1. The zero-order valence-corrected chi connectivity index (χ0v) is 33.6. The molecule has 53 heavy (non-hydrogen) atoms. The van der Waals surface area contributed by atoms with Crippen LogP contribution in [0.3, 0.4) is 0 Å². The Balaban J connectivity index is 1.26. The monoisotopic (exact) mass is 731 g/mol. The third kappa shape index (κ3) is 6.50. The Kier molecular flexibility index (Phi) is 10.7. The highest BCUT2D eigenvalue weighted by atomic mass is 16.5. The average molecular weight is 732 g/mol. The first-order valence-corrected chi connectivity index (χ1v) is 20.5. The summed E-state index contributed by atoms with van der Waals surface area (Å²) in [7, 11) is 0. The lowest BCUT2D eigenvalue weighted by Gasteiger charge is -2.71. The summed E-state index contributed by atoms with van der Waals surface area (Å²) in [5.41, 5.74) is 1.85. The largest absolute Gasteiger partial charge is 0.481 e. The van der Waals surface area contributed by atoms with Gasteiger partial charge in [0.25, 0.3) is 5.91 Å². The zero-order chi connectivity index (χ0) is 38.7. The molecule has 5 aliphatic rings. The first kappa shape index (κ1) is 39.7. The maximum absolute atomic E-state index is 14.1. The van der Waals surface area contributed by atoms with Gasteiger partial charge in [-0.2, -0.15) is 0 Å². The summed E-state index contributed by atoms with van der Waals surface area (Å²) in [6.07, 6.45) is 9.04. The van der Waals surface area contributed by atoms with Gasteiger partial charge in [-0.1, -0.05) is 65.3 Å². The van der Waals surface area contributed by atoms with Crippen molar-refractivity contribution >= 4 is 23.6 Å². The highest BCUT2D eigenvalue weighted by Gasteiger charge is 2.69. The molecule has 0 heterocycles. The number of nitrogens with zero attached hydrogens (tertiary/aromatic N) is 1. The molecule has 9 atom stereocenters. The second kappa shape index (κ2) is 14.3. The molecule has 6 rings (SSSR count). The van der Waals surface area contributed by atoms with E-state index < -0.39 is 17.4 Å². The summed E-state index contributed by atoms with van der Waals surface area (Å²) in [5.74, 6) is 0.385. The zero-order valence-electron chi connectivity index (χ0n) is 33.6. The molecule has 8 heteroatoms. The molecule has 0 saturated heterocycles. The van der Waals surface area contributed by atoms with Gasteiger partial charge in [-0.15, -0.1) is 0 Å². The van der Waals surface area contributed by atoms with Crippen LogP contribution < -0.4 is 0 Å². The van der Waals surface area contributed by atoms with E-state index in [9.17, 15) is 29.4 Å². The summed E-state index contributed by atoms with van der Waals surface area (Å²) in [5, 5.41) is 19.5. The van der Waals surface area contributed by atoms with Crippen LogP contribution in [-0.4, -0.2) is 64.5 Å². The van der Waals surface area contributed by atoms with Gasteiger partial charge in [0, 0.05) is 30.5 Å². The number of hydrogen-bond acceptors (Lipinski definition) is 6. The van der Waals surface area contributed by atoms with E-state index in [1.165, 1.54) is 5.57 Å². The number of fused-ring (bicyclic) bond motifs is 7. The van der Waals surface area contributed by atoms with Crippen LogP contribution >= 0.6 is 0 Å². The van der Waals surface area contributed by atoms with E-state index in [2.05, 4.69) is 41.5 Å². The molecule has 2 N–H and O–H groups in total. The minimum Gasteiger partial charge on any atom is -0.481 e. The standard InChI is InChI=1S/C45H65NO7/c1-28(2)37-33(48)26-45(22-23-46(24-25-47)39(50)30-12-10-9-11-13-30)21-20-43(7)32(38(37)45)14-15-35-42(6)18-17-34(29(3)31(42)16-19-44(35,43)8)53-36(49)27-41(4,5)40(51)52/h9-13,28-29,31-32,34-35,47H,14-27H2,1-8H3,(H,51,52)/t29?,31?,32-,34+,35?,42+,43-,44-,45-/m1/s1. The predicted octanol–water partition coefficient (Wildman–Crippen LogP) is 8.51. The Morgan fingerprint density at radius 3 is 2.28 bits per heavy atom. The summed E-state index contributed by atoms with van der Waals surface area (Å²) in [6.45, 7) is 18.1. The minimum absolute atomic E-state index is 0.0209. The van der Waals surface area contributed by atoms with E-state index in [-0.39, 0.29) is 65.1 Å². The molecule has 5 aliphatic carbocycles. The number of ketones is 1. The fourth-order valence-corrected chi connectivity index (χ4v) is 13.0. The Bertz CT molecular complexity index is 1630.